The van der Waals surface area contributed by atoms with Gasteiger partial charge in [-0.15, -0.1) is 11.3 Å². The van der Waals surface area contributed by atoms with Gasteiger partial charge in [-0.05, 0) is 41.3 Å². The average molecular weight is 498 g/mol. The third-order valence-corrected chi connectivity index (χ3v) is 7.61. The van der Waals surface area contributed by atoms with Gasteiger partial charge >= 0.3 is 6.18 Å². The number of amides is 1. The van der Waals surface area contributed by atoms with Gasteiger partial charge in [-0.25, -0.2) is 9.97 Å². The molecule has 3 aromatic rings. The Labute approximate surface area is 204 Å². The molecule has 1 saturated heterocycles. The van der Waals surface area contributed by atoms with Crippen molar-refractivity contribution in [2.24, 2.45) is 0 Å². The first-order valence-electron chi connectivity index (χ1n) is 11.3. The molecule has 0 N–H and O–H groups in total. The van der Waals surface area contributed by atoms with E-state index in [1.165, 1.54) is 29.1 Å². The molecule has 0 saturated carbocycles. The Morgan fingerprint density at radius 1 is 1.20 bits per heavy atom. The molecule has 0 spiro atoms. The number of carbonyl (C=O) groups is 1. The number of alkyl halides is 3. The van der Waals surface area contributed by atoms with Crippen LogP contribution >= 0.6 is 11.3 Å². The molecule has 1 aliphatic heterocycles. The van der Waals surface area contributed by atoms with Crippen LogP contribution in [0.4, 0.5) is 13.2 Å². The van der Waals surface area contributed by atoms with Crippen molar-refractivity contribution in [3.63, 3.8) is 0 Å². The van der Waals surface area contributed by atoms with Crippen LogP contribution in [0.3, 0.4) is 0 Å². The molecular formula is C25H22F3N5OS. The first-order chi connectivity index (χ1) is 16.7. The van der Waals surface area contributed by atoms with Crippen molar-refractivity contribution in [3.05, 3.63) is 62.9 Å². The smallest absolute Gasteiger partial charge is 0.335 e. The highest BCUT2D eigenvalue weighted by Gasteiger charge is 2.30. The first kappa shape index (κ1) is 23.5. The second-order valence-electron chi connectivity index (χ2n) is 8.89. The molecule has 1 amide bonds. The number of carbonyl (C=O) groups excluding carboxylic acids is 1. The summed E-state index contributed by atoms with van der Waals surface area (Å²) in [5.74, 6) is -0.281. The largest absolute Gasteiger partial charge is 0.393 e. The third kappa shape index (κ3) is 4.79. The van der Waals surface area contributed by atoms with Crippen LogP contribution in [0.15, 0.2) is 30.1 Å². The van der Waals surface area contributed by atoms with Crippen molar-refractivity contribution in [2.45, 2.75) is 32.5 Å². The minimum absolute atomic E-state index is 0.119. The number of benzene rings is 1. The Morgan fingerprint density at radius 2 is 1.97 bits per heavy atom. The van der Waals surface area contributed by atoms with E-state index in [1.807, 2.05) is 6.08 Å². The number of rotatable bonds is 4. The summed E-state index contributed by atoms with van der Waals surface area (Å²) >= 11 is 0.943. The van der Waals surface area contributed by atoms with E-state index in [9.17, 15) is 23.2 Å². The van der Waals surface area contributed by atoms with Crippen molar-refractivity contribution in [3.8, 4) is 6.07 Å². The second kappa shape index (κ2) is 9.06. The number of nitrogens with zero attached hydrogens (tertiary/aromatic N) is 5. The van der Waals surface area contributed by atoms with E-state index in [-0.39, 0.29) is 16.5 Å². The fourth-order valence-corrected chi connectivity index (χ4v) is 5.75. The normalized spacial score (nSPS) is 16.3. The standard InChI is InChI=1S/C25H22F3N5OS/c1-15-18(3-2-17-8-16(12-29)9-20(15)17)13-32-4-6-33(7-5-32)24(34)22-21-10-19(11-25(26,27)28)35-23(21)31-14-30-22/h2-3,9-10,14H,4-8,11,13H2,1H3. The second-order valence-corrected chi connectivity index (χ2v) is 10.0. The van der Waals surface area contributed by atoms with Crippen molar-refractivity contribution in [1.29, 1.82) is 5.26 Å². The monoisotopic (exact) mass is 497 g/mol. The lowest BCUT2D eigenvalue weighted by Gasteiger charge is -2.35. The van der Waals surface area contributed by atoms with Crippen LogP contribution < -0.4 is 0 Å². The number of fused-ring (bicyclic) bond motifs is 2. The summed E-state index contributed by atoms with van der Waals surface area (Å²) in [5, 5.41) is 9.58. The van der Waals surface area contributed by atoms with Gasteiger partial charge in [0.25, 0.3) is 5.91 Å². The minimum atomic E-state index is -4.32. The summed E-state index contributed by atoms with van der Waals surface area (Å²) in [4.78, 5) is 25.9. The molecule has 3 heterocycles. The van der Waals surface area contributed by atoms with Gasteiger partial charge in [0.15, 0.2) is 0 Å². The Hall–Kier alpha value is -3.29. The van der Waals surface area contributed by atoms with E-state index < -0.39 is 12.6 Å². The van der Waals surface area contributed by atoms with Crippen molar-refractivity contribution in [1.82, 2.24) is 19.8 Å². The molecule has 1 fully saturated rings. The molecular weight excluding hydrogens is 475 g/mol. The molecule has 6 nitrogen and oxygen atoms in total. The molecule has 1 aromatic carbocycles. The molecule has 2 aromatic heterocycles. The first-order valence-corrected chi connectivity index (χ1v) is 12.1. The van der Waals surface area contributed by atoms with Crippen LogP contribution in [0, 0.1) is 18.3 Å². The maximum Gasteiger partial charge on any atom is 0.393 e. The predicted molar refractivity (Wildman–Crippen MR) is 127 cm³/mol. The summed E-state index contributed by atoms with van der Waals surface area (Å²) in [6.07, 6.45) is -1.47. The van der Waals surface area contributed by atoms with Gasteiger partial charge in [0.05, 0.1) is 12.5 Å². The number of aromatic nitrogens is 2. The summed E-state index contributed by atoms with van der Waals surface area (Å²) in [7, 11) is 0. The Bertz CT molecular complexity index is 1380. The van der Waals surface area contributed by atoms with Crippen LogP contribution in [-0.4, -0.2) is 58.0 Å². The fraction of sp³-hybridized carbons (Fsp3) is 0.360. The van der Waals surface area contributed by atoms with E-state index in [4.69, 9.17) is 0 Å². The molecule has 0 radical (unpaired) electrons. The molecule has 0 atom stereocenters. The molecule has 0 unspecified atom stereocenters. The summed E-state index contributed by atoms with van der Waals surface area (Å²) in [5.41, 5.74) is 5.64. The molecule has 180 valence electrons. The predicted octanol–water partition coefficient (Wildman–Crippen LogP) is 4.53. The van der Waals surface area contributed by atoms with Gasteiger partial charge in [0.2, 0.25) is 0 Å². The number of hydrogen-bond acceptors (Lipinski definition) is 6. The maximum atomic E-state index is 13.2. The van der Waals surface area contributed by atoms with Gasteiger partial charge in [0.1, 0.15) is 16.9 Å². The summed E-state index contributed by atoms with van der Waals surface area (Å²) in [6, 6.07) is 7.84. The van der Waals surface area contributed by atoms with Gasteiger partial charge < -0.3 is 4.90 Å². The third-order valence-electron chi connectivity index (χ3n) is 6.57. The van der Waals surface area contributed by atoms with Crippen molar-refractivity contribution in [2.75, 3.05) is 26.2 Å². The molecule has 5 rings (SSSR count). The Morgan fingerprint density at radius 3 is 2.69 bits per heavy atom. The number of hydrogen-bond donors (Lipinski definition) is 0. The van der Waals surface area contributed by atoms with E-state index in [0.717, 1.165) is 29.0 Å². The van der Waals surface area contributed by atoms with Gasteiger partial charge in [-0.3, -0.25) is 9.69 Å². The van der Waals surface area contributed by atoms with Crippen LogP contribution in [0.25, 0.3) is 16.3 Å². The van der Waals surface area contributed by atoms with Crippen LogP contribution in [0.2, 0.25) is 0 Å². The fourth-order valence-electron chi connectivity index (χ4n) is 4.72. The van der Waals surface area contributed by atoms with Gasteiger partial charge in [-0.1, -0.05) is 12.1 Å². The summed E-state index contributed by atoms with van der Waals surface area (Å²) < 4.78 is 38.4. The lowest BCUT2D eigenvalue weighted by Crippen LogP contribution is -2.48. The molecule has 35 heavy (non-hydrogen) atoms. The molecule has 10 heteroatoms. The molecule has 0 bridgehead atoms. The zero-order valence-electron chi connectivity index (χ0n) is 19.0. The highest BCUT2D eigenvalue weighted by atomic mass is 32.1. The van der Waals surface area contributed by atoms with Crippen molar-refractivity contribution < 1.29 is 18.0 Å². The average Bonchev–Trinajstić information content (AvgIpc) is 3.43. The quantitative estimate of drug-likeness (QED) is 0.530. The number of piperazine rings is 1. The van der Waals surface area contributed by atoms with E-state index in [2.05, 4.69) is 40.0 Å². The van der Waals surface area contributed by atoms with Crippen molar-refractivity contribution >= 4 is 33.5 Å². The number of nitriles is 1. The highest BCUT2D eigenvalue weighted by molar-refractivity contribution is 7.18. The van der Waals surface area contributed by atoms with E-state index in [1.54, 1.807) is 4.90 Å². The van der Waals surface area contributed by atoms with Crippen LogP contribution in [0.5, 0.6) is 0 Å². The zero-order valence-corrected chi connectivity index (χ0v) is 19.8. The molecule has 1 aliphatic carbocycles. The van der Waals surface area contributed by atoms with E-state index in [0.29, 0.717) is 42.8 Å². The Kier molecular flexibility index (Phi) is 6.07. The SMILES string of the molecule is Cc1c(CN2CCN(C(=O)c3ncnc4sc(CC(F)(F)F)cc34)CC2)ccc2c1C=C(C#N)C2. The van der Waals surface area contributed by atoms with Gasteiger partial charge in [0, 0.05) is 55.0 Å². The number of thiophene rings is 1. The topological polar surface area (TPSA) is 73.1 Å². The summed E-state index contributed by atoms with van der Waals surface area (Å²) in [6.45, 7) is 5.20. The number of halogens is 3. The van der Waals surface area contributed by atoms with Crippen LogP contribution in [-0.2, 0) is 19.4 Å². The lowest BCUT2D eigenvalue weighted by atomic mass is 9.98. The highest BCUT2D eigenvalue weighted by Crippen LogP contribution is 2.32. The maximum absolute atomic E-state index is 13.2. The van der Waals surface area contributed by atoms with E-state index >= 15 is 0 Å². The molecule has 2 aliphatic rings. The lowest BCUT2D eigenvalue weighted by molar-refractivity contribution is -0.126. The zero-order chi connectivity index (χ0) is 24.7. The minimum Gasteiger partial charge on any atom is -0.335 e. The van der Waals surface area contributed by atoms with Crippen LogP contribution in [0.1, 0.15) is 37.6 Å². The number of allylic oxidation sites excluding steroid dienone is 1. The van der Waals surface area contributed by atoms with Gasteiger partial charge in [-0.2, -0.15) is 18.4 Å². The Balaban J connectivity index is 1.26.